The Morgan fingerprint density at radius 2 is 2.00 bits per heavy atom. The molecule has 0 radical (unpaired) electrons. The van der Waals surface area contributed by atoms with E-state index in [0.717, 1.165) is 36.2 Å². The normalized spacial score (nSPS) is 17.4. The standard InChI is InChI=1S/C17H26N2O/c1-12(2)11-17(8-4-5-9-17)16(20)19-14-6-7-15(18)13(3)10-14/h6-7,10,12H,4-5,8-9,11,18H2,1-3H3,(H,19,20). The molecule has 1 amide bonds. The van der Waals surface area contributed by atoms with Crippen LogP contribution in [0.15, 0.2) is 18.2 Å². The molecule has 0 heterocycles. The molecule has 0 atom stereocenters. The zero-order valence-electron chi connectivity index (χ0n) is 12.8. The van der Waals surface area contributed by atoms with E-state index < -0.39 is 0 Å². The number of nitrogens with one attached hydrogen (secondary N) is 1. The molecule has 3 nitrogen and oxygen atoms in total. The fourth-order valence-electron chi connectivity index (χ4n) is 3.37. The van der Waals surface area contributed by atoms with E-state index in [-0.39, 0.29) is 11.3 Å². The molecule has 0 saturated heterocycles. The minimum absolute atomic E-state index is 0.163. The largest absolute Gasteiger partial charge is 0.399 e. The van der Waals surface area contributed by atoms with Crippen molar-refractivity contribution in [1.29, 1.82) is 0 Å². The molecule has 1 aromatic carbocycles. The van der Waals surface area contributed by atoms with Gasteiger partial charge in [-0.15, -0.1) is 0 Å². The van der Waals surface area contributed by atoms with Crippen molar-refractivity contribution in [3.8, 4) is 0 Å². The molecule has 20 heavy (non-hydrogen) atoms. The van der Waals surface area contributed by atoms with Crippen molar-refractivity contribution in [2.75, 3.05) is 11.1 Å². The van der Waals surface area contributed by atoms with Crippen molar-refractivity contribution in [3.05, 3.63) is 23.8 Å². The van der Waals surface area contributed by atoms with E-state index in [1.165, 1.54) is 12.8 Å². The number of anilines is 2. The molecule has 1 saturated carbocycles. The first-order valence-corrected chi connectivity index (χ1v) is 7.60. The van der Waals surface area contributed by atoms with Crippen LogP contribution in [0.25, 0.3) is 0 Å². The van der Waals surface area contributed by atoms with E-state index in [9.17, 15) is 4.79 Å². The number of carbonyl (C=O) groups excluding carboxylic acids is 1. The predicted octanol–water partition coefficient (Wildman–Crippen LogP) is 4.12. The summed E-state index contributed by atoms with van der Waals surface area (Å²) in [6.45, 7) is 6.35. The lowest BCUT2D eigenvalue weighted by Crippen LogP contribution is -2.35. The fraction of sp³-hybridized carbons (Fsp3) is 0.588. The summed E-state index contributed by atoms with van der Waals surface area (Å²) in [5.41, 5.74) is 8.29. The van der Waals surface area contributed by atoms with Gasteiger partial charge < -0.3 is 11.1 Å². The third kappa shape index (κ3) is 3.14. The lowest BCUT2D eigenvalue weighted by molar-refractivity contribution is -0.126. The predicted molar refractivity (Wildman–Crippen MR) is 84.6 cm³/mol. The molecular formula is C17H26N2O. The van der Waals surface area contributed by atoms with Gasteiger partial charge in [0.2, 0.25) is 5.91 Å². The van der Waals surface area contributed by atoms with Crippen LogP contribution in [0.3, 0.4) is 0 Å². The van der Waals surface area contributed by atoms with E-state index in [1.807, 2.05) is 25.1 Å². The highest BCUT2D eigenvalue weighted by atomic mass is 16.2. The molecule has 0 aliphatic heterocycles. The van der Waals surface area contributed by atoms with Gasteiger partial charge in [0, 0.05) is 16.8 Å². The van der Waals surface area contributed by atoms with Gasteiger partial charge in [0.15, 0.2) is 0 Å². The van der Waals surface area contributed by atoms with Gasteiger partial charge in [-0.2, -0.15) is 0 Å². The molecule has 0 aromatic heterocycles. The summed E-state index contributed by atoms with van der Waals surface area (Å²) >= 11 is 0. The summed E-state index contributed by atoms with van der Waals surface area (Å²) in [7, 11) is 0. The first-order valence-electron chi connectivity index (χ1n) is 7.60. The van der Waals surface area contributed by atoms with E-state index in [4.69, 9.17) is 5.73 Å². The monoisotopic (exact) mass is 274 g/mol. The van der Waals surface area contributed by atoms with Crippen molar-refractivity contribution < 1.29 is 4.79 Å². The highest BCUT2D eigenvalue weighted by Crippen LogP contribution is 2.44. The molecule has 3 N–H and O–H groups in total. The Morgan fingerprint density at radius 1 is 1.35 bits per heavy atom. The summed E-state index contributed by atoms with van der Waals surface area (Å²) in [5.74, 6) is 0.736. The van der Waals surface area contributed by atoms with Crippen LogP contribution in [0.1, 0.15) is 51.5 Å². The van der Waals surface area contributed by atoms with Crippen LogP contribution in [0, 0.1) is 18.3 Å². The molecule has 3 heteroatoms. The van der Waals surface area contributed by atoms with Gasteiger partial charge >= 0.3 is 0 Å². The smallest absolute Gasteiger partial charge is 0.230 e. The molecule has 1 aliphatic carbocycles. The number of hydrogen-bond donors (Lipinski definition) is 2. The van der Waals surface area contributed by atoms with Crippen molar-refractivity contribution in [1.82, 2.24) is 0 Å². The lowest BCUT2D eigenvalue weighted by atomic mass is 9.77. The van der Waals surface area contributed by atoms with Crippen molar-refractivity contribution in [2.24, 2.45) is 11.3 Å². The van der Waals surface area contributed by atoms with Crippen molar-refractivity contribution in [3.63, 3.8) is 0 Å². The molecule has 110 valence electrons. The van der Waals surface area contributed by atoms with Crippen LogP contribution in [-0.2, 0) is 4.79 Å². The zero-order chi connectivity index (χ0) is 14.8. The second kappa shape index (κ2) is 5.86. The maximum absolute atomic E-state index is 12.7. The molecule has 0 bridgehead atoms. The average Bonchev–Trinajstić information content (AvgIpc) is 2.83. The number of nitrogens with two attached hydrogens (primary N) is 1. The zero-order valence-corrected chi connectivity index (χ0v) is 12.8. The minimum atomic E-state index is -0.163. The van der Waals surface area contributed by atoms with Gasteiger partial charge in [0.05, 0.1) is 0 Å². The number of carbonyl (C=O) groups is 1. The number of amides is 1. The Hall–Kier alpha value is -1.51. The van der Waals surface area contributed by atoms with Crippen LogP contribution in [0.2, 0.25) is 0 Å². The minimum Gasteiger partial charge on any atom is -0.399 e. The van der Waals surface area contributed by atoms with Crippen LogP contribution in [-0.4, -0.2) is 5.91 Å². The third-order valence-electron chi connectivity index (χ3n) is 4.37. The van der Waals surface area contributed by atoms with Crippen LogP contribution >= 0.6 is 0 Å². The number of rotatable bonds is 4. The molecule has 0 spiro atoms. The molecular weight excluding hydrogens is 248 g/mol. The summed E-state index contributed by atoms with van der Waals surface area (Å²) < 4.78 is 0. The van der Waals surface area contributed by atoms with E-state index in [0.29, 0.717) is 5.92 Å². The second-order valence-corrected chi connectivity index (χ2v) is 6.61. The first-order chi connectivity index (χ1) is 9.43. The Balaban J connectivity index is 2.14. The highest BCUT2D eigenvalue weighted by molar-refractivity contribution is 5.95. The van der Waals surface area contributed by atoms with Gasteiger partial charge in [-0.1, -0.05) is 26.7 Å². The van der Waals surface area contributed by atoms with Crippen molar-refractivity contribution >= 4 is 17.3 Å². The third-order valence-corrected chi connectivity index (χ3v) is 4.37. The quantitative estimate of drug-likeness (QED) is 0.811. The van der Waals surface area contributed by atoms with E-state index in [2.05, 4.69) is 19.2 Å². The number of hydrogen-bond acceptors (Lipinski definition) is 2. The van der Waals surface area contributed by atoms with Crippen LogP contribution in [0.4, 0.5) is 11.4 Å². The molecule has 2 rings (SSSR count). The Kier molecular flexibility index (Phi) is 4.36. The van der Waals surface area contributed by atoms with Gasteiger partial charge in [-0.05, 0) is 55.9 Å². The maximum Gasteiger partial charge on any atom is 0.230 e. The lowest BCUT2D eigenvalue weighted by Gasteiger charge is -2.29. The van der Waals surface area contributed by atoms with Crippen LogP contribution < -0.4 is 11.1 Å². The van der Waals surface area contributed by atoms with Gasteiger partial charge in [0.1, 0.15) is 0 Å². The number of aryl methyl sites for hydroxylation is 1. The summed E-state index contributed by atoms with van der Waals surface area (Å²) in [6, 6.07) is 5.69. The van der Waals surface area contributed by atoms with Crippen LogP contribution in [0.5, 0.6) is 0 Å². The second-order valence-electron chi connectivity index (χ2n) is 6.61. The molecule has 1 fully saturated rings. The molecule has 1 aliphatic rings. The average molecular weight is 274 g/mol. The summed E-state index contributed by atoms with van der Waals surface area (Å²) in [6.07, 6.45) is 5.35. The van der Waals surface area contributed by atoms with E-state index in [1.54, 1.807) is 0 Å². The Morgan fingerprint density at radius 3 is 2.55 bits per heavy atom. The number of benzene rings is 1. The van der Waals surface area contributed by atoms with E-state index >= 15 is 0 Å². The first kappa shape index (κ1) is 14.9. The molecule has 1 aromatic rings. The Labute approximate surface area is 121 Å². The summed E-state index contributed by atoms with van der Waals surface area (Å²) in [5, 5.41) is 3.10. The fourth-order valence-corrected chi connectivity index (χ4v) is 3.37. The topological polar surface area (TPSA) is 55.1 Å². The number of nitrogen functional groups attached to an aromatic ring is 1. The SMILES string of the molecule is Cc1cc(NC(=O)C2(CC(C)C)CCCC2)ccc1N. The molecule has 0 unspecified atom stereocenters. The van der Waals surface area contributed by atoms with Gasteiger partial charge in [-0.25, -0.2) is 0 Å². The van der Waals surface area contributed by atoms with Gasteiger partial charge in [-0.3, -0.25) is 4.79 Å². The Bertz CT molecular complexity index is 488. The summed E-state index contributed by atoms with van der Waals surface area (Å²) in [4.78, 5) is 12.7. The van der Waals surface area contributed by atoms with Gasteiger partial charge in [0.25, 0.3) is 0 Å². The maximum atomic E-state index is 12.7. The highest BCUT2D eigenvalue weighted by Gasteiger charge is 2.41. The van der Waals surface area contributed by atoms with Crippen molar-refractivity contribution in [2.45, 2.75) is 52.9 Å².